The first-order chi connectivity index (χ1) is 21.1. The molecule has 0 spiro atoms. The van der Waals surface area contributed by atoms with Crippen molar-refractivity contribution >= 4 is 61.9 Å². The van der Waals surface area contributed by atoms with E-state index in [1.165, 1.54) is 11.8 Å². The van der Waals surface area contributed by atoms with Crippen LogP contribution in [0.25, 0.3) is 23.0 Å². The van der Waals surface area contributed by atoms with E-state index in [1.54, 1.807) is 44.2 Å². The van der Waals surface area contributed by atoms with Gasteiger partial charge in [-0.1, -0.05) is 98.0 Å². The molecule has 2 aliphatic rings. The summed E-state index contributed by atoms with van der Waals surface area (Å²) in [5, 5.41) is 5.44. The van der Waals surface area contributed by atoms with Gasteiger partial charge in [-0.15, -0.1) is 0 Å². The highest BCUT2D eigenvalue weighted by Gasteiger charge is 2.34. The van der Waals surface area contributed by atoms with Crippen LogP contribution in [0, 0.1) is 11.8 Å². The second-order valence-electron chi connectivity index (χ2n) is 11.4. The molecule has 2 aliphatic heterocycles. The minimum atomic E-state index is -3.71. The molecule has 1 aromatic heterocycles. The molecule has 2 atom stereocenters. The smallest absolute Gasteiger partial charge is 0.266 e. The average Bonchev–Trinajstić information content (AvgIpc) is 3.54. The Morgan fingerprint density at radius 1 is 1.00 bits per heavy atom. The van der Waals surface area contributed by atoms with Crippen molar-refractivity contribution in [1.29, 1.82) is 0 Å². The lowest BCUT2D eigenvalue weighted by molar-refractivity contribution is -0.122. The van der Waals surface area contributed by atoms with E-state index in [4.69, 9.17) is 28.9 Å². The summed E-state index contributed by atoms with van der Waals surface area (Å²) in [5.74, 6) is 0.367. The molecule has 0 radical (unpaired) electrons. The van der Waals surface area contributed by atoms with E-state index >= 15 is 0 Å². The molecule has 44 heavy (non-hydrogen) atoms. The van der Waals surface area contributed by atoms with E-state index in [0.717, 1.165) is 17.7 Å². The highest BCUT2D eigenvalue weighted by atomic mass is 35.5. The van der Waals surface area contributed by atoms with E-state index < -0.39 is 10.0 Å². The number of thioether (sulfide) groups is 1. The number of aromatic nitrogens is 2. The van der Waals surface area contributed by atoms with Crippen LogP contribution in [0.15, 0.2) is 94.9 Å². The van der Waals surface area contributed by atoms with Crippen molar-refractivity contribution in [2.45, 2.75) is 31.7 Å². The fourth-order valence-electron chi connectivity index (χ4n) is 5.76. The minimum Gasteiger partial charge on any atom is -0.288 e. The van der Waals surface area contributed by atoms with Crippen LogP contribution in [-0.2, 0) is 21.4 Å². The van der Waals surface area contributed by atoms with Gasteiger partial charge in [0.2, 0.25) is 10.0 Å². The SMILES string of the molecule is CC1CC(C)CN(S(=O)(=O)c2cccc(-c3nn(-c4ccccc4)cc3/C=C3\SC(=S)N(Cc4ccccc4Cl)C3=O)c2)C1. The number of benzene rings is 3. The fraction of sp³-hybridized carbons (Fsp3) is 0.242. The van der Waals surface area contributed by atoms with Gasteiger partial charge in [-0.25, -0.2) is 13.1 Å². The monoisotopic (exact) mass is 662 g/mol. The van der Waals surface area contributed by atoms with Crippen molar-refractivity contribution in [2.75, 3.05) is 13.1 Å². The van der Waals surface area contributed by atoms with Gasteiger partial charge in [0, 0.05) is 35.4 Å². The quantitative estimate of drug-likeness (QED) is 0.153. The average molecular weight is 663 g/mol. The zero-order valence-electron chi connectivity index (χ0n) is 24.3. The van der Waals surface area contributed by atoms with Crippen molar-refractivity contribution in [1.82, 2.24) is 19.0 Å². The lowest BCUT2D eigenvalue weighted by atomic mass is 9.94. The van der Waals surface area contributed by atoms with Crippen molar-refractivity contribution in [3.05, 3.63) is 106 Å². The summed E-state index contributed by atoms with van der Waals surface area (Å²) in [5.41, 5.74) is 3.50. The maximum atomic E-state index is 13.8. The zero-order valence-corrected chi connectivity index (χ0v) is 27.5. The molecule has 2 fully saturated rings. The van der Waals surface area contributed by atoms with Gasteiger partial charge in [-0.05, 0) is 60.2 Å². The van der Waals surface area contributed by atoms with Crippen molar-refractivity contribution in [3.8, 4) is 16.9 Å². The molecule has 2 saturated heterocycles. The Morgan fingerprint density at radius 2 is 1.70 bits per heavy atom. The van der Waals surface area contributed by atoms with Crippen molar-refractivity contribution in [2.24, 2.45) is 11.8 Å². The summed E-state index contributed by atoms with van der Waals surface area (Å²) >= 11 is 13.2. The molecule has 0 N–H and O–H groups in total. The molecule has 4 aromatic rings. The number of thiocarbonyl (C=S) groups is 1. The standard InChI is InChI=1S/C33H31ClN4O3S3/c1-22-15-23(2)19-36(18-22)44(40,41)28-13-8-10-24(16-28)31-26(21-38(35-31)27-11-4-3-5-12-27)17-30-32(39)37(33(42)43-30)20-25-9-6-7-14-29(25)34/h3-14,16-17,21-23H,15,18-20H2,1-2H3/b30-17-. The first-order valence-corrected chi connectivity index (χ1v) is 17.4. The Labute approximate surface area is 272 Å². The van der Waals surface area contributed by atoms with Crippen LogP contribution in [0.1, 0.15) is 31.4 Å². The molecule has 11 heteroatoms. The number of halogens is 1. The number of para-hydroxylation sites is 1. The molecule has 6 rings (SSSR count). The summed E-state index contributed by atoms with van der Waals surface area (Å²) < 4.78 is 31.3. The predicted molar refractivity (Wildman–Crippen MR) is 181 cm³/mol. The molecule has 226 valence electrons. The molecular formula is C33H31ClN4O3S3. The summed E-state index contributed by atoms with van der Waals surface area (Å²) in [6.45, 7) is 5.45. The largest absolute Gasteiger partial charge is 0.288 e. The van der Waals surface area contributed by atoms with Crippen molar-refractivity contribution < 1.29 is 13.2 Å². The number of carbonyl (C=O) groups excluding carboxylic acids is 1. The van der Waals surface area contributed by atoms with E-state index in [9.17, 15) is 13.2 Å². The summed E-state index contributed by atoms with van der Waals surface area (Å²) in [6, 6.07) is 23.9. The third kappa shape index (κ3) is 6.27. The van der Waals surface area contributed by atoms with Crippen LogP contribution in [0.2, 0.25) is 5.02 Å². The minimum absolute atomic E-state index is 0.219. The zero-order chi connectivity index (χ0) is 31.0. The van der Waals surface area contributed by atoms with Crippen LogP contribution in [-0.4, -0.2) is 50.7 Å². The van der Waals surface area contributed by atoms with E-state index in [1.807, 2.05) is 60.8 Å². The number of nitrogens with zero attached hydrogens (tertiary/aromatic N) is 4. The molecule has 3 heterocycles. The van der Waals surface area contributed by atoms with Crippen molar-refractivity contribution in [3.63, 3.8) is 0 Å². The predicted octanol–water partition coefficient (Wildman–Crippen LogP) is 7.26. The molecule has 2 unspecified atom stereocenters. The molecule has 1 amide bonds. The lowest BCUT2D eigenvalue weighted by Gasteiger charge is -2.34. The third-order valence-electron chi connectivity index (χ3n) is 7.79. The maximum absolute atomic E-state index is 13.8. The van der Waals surface area contributed by atoms with Gasteiger partial charge in [0.05, 0.1) is 22.0 Å². The number of hydrogen-bond donors (Lipinski definition) is 0. The van der Waals surface area contributed by atoms with Crippen LogP contribution in [0.4, 0.5) is 0 Å². The number of hydrogen-bond acceptors (Lipinski definition) is 6. The molecular weight excluding hydrogens is 632 g/mol. The van der Waals surface area contributed by atoms with Gasteiger partial charge < -0.3 is 0 Å². The van der Waals surface area contributed by atoms with Crippen LogP contribution >= 0.6 is 35.6 Å². The fourth-order valence-corrected chi connectivity index (χ4v) is 8.93. The lowest BCUT2D eigenvalue weighted by Crippen LogP contribution is -2.42. The van der Waals surface area contributed by atoms with E-state index in [0.29, 0.717) is 56.0 Å². The summed E-state index contributed by atoms with van der Waals surface area (Å²) in [4.78, 5) is 15.8. The van der Waals surface area contributed by atoms with Gasteiger partial charge in [-0.2, -0.15) is 9.40 Å². The van der Waals surface area contributed by atoms with Crippen LogP contribution in [0.3, 0.4) is 0 Å². The van der Waals surface area contributed by atoms with Gasteiger partial charge in [0.15, 0.2) is 0 Å². The first-order valence-electron chi connectivity index (χ1n) is 14.3. The Balaban J connectivity index is 1.38. The van der Waals surface area contributed by atoms with Gasteiger partial charge >= 0.3 is 0 Å². The molecule has 0 aliphatic carbocycles. The highest BCUT2D eigenvalue weighted by molar-refractivity contribution is 8.26. The van der Waals surface area contributed by atoms with E-state index in [2.05, 4.69) is 13.8 Å². The Bertz CT molecular complexity index is 1860. The van der Waals surface area contributed by atoms with Gasteiger partial charge in [0.1, 0.15) is 10.0 Å². The topological polar surface area (TPSA) is 75.5 Å². The Kier molecular flexibility index (Phi) is 8.81. The Morgan fingerprint density at radius 3 is 2.43 bits per heavy atom. The summed E-state index contributed by atoms with van der Waals surface area (Å²) in [6.07, 6.45) is 4.64. The summed E-state index contributed by atoms with van der Waals surface area (Å²) in [7, 11) is -3.71. The second-order valence-corrected chi connectivity index (χ2v) is 15.4. The normalized spacial score (nSPS) is 20.5. The van der Waals surface area contributed by atoms with Crippen LogP contribution in [0.5, 0.6) is 0 Å². The molecule has 7 nitrogen and oxygen atoms in total. The second kappa shape index (κ2) is 12.6. The Hall–Kier alpha value is -3.28. The molecule has 0 bridgehead atoms. The number of piperidine rings is 1. The first kappa shape index (κ1) is 30.7. The number of amides is 1. The van der Waals surface area contributed by atoms with Gasteiger partial charge in [-0.3, -0.25) is 9.69 Å². The van der Waals surface area contributed by atoms with Crippen LogP contribution < -0.4 is 0 Å². The number of sulfonamides is 1. The highest BCUT2D eigenvalue weighted by Crippen LogP contribution is 2.37. The molecule has 0 saturated carbocycles. The van der Waals surface area contributed by atoms with E-state index in [-0.39, 0.29) is 17.3 Å². The third-order valence-corrected chi connectivity index (χ3v) is 11.4. The molecule has 3 aromatic carbocycles. The van der Waals surface area contributed by atoms with Gasteiger partial charge in [0.25, 0.3) is 5.91 Å². The number of carbonyl (C=O) groups is 1. The number of rotatable bonds is 7. The maximum Gasteiger partial charge on any atom is 0.266 e.